The number of rotatable bonds is 10. The first kappa shape index (κ1) is 40.0. The van der Waals surface area contributed by atoms with Crippen molar-refractivity contribution < 1.29 is 0 Å². The van der Waals surface area contributed by atoms with Gasteiger partial charge in [-0.15, -0.1) is 0 Å². The van der Waals surface area contributed by atoms with E-state index in [9.17, 15) is 0 Å². The average Bonchev–Trinajstić information content (AvgIpc) is 3.42. The van der Waals surface area contributed by atoms with Crippen LogP contribution in [-0.2, 0) is 0 Å². The molecule has 0 aliphatic rings. The van der Waals surface area contributed by atoms with Crippen molar-refractivity contribution >= 4 is 0 Å². The van der Waals surface area contributed by atoms with Gasteiger partial charge in [0.05, 0.1) is 22.8 Å². The molecule has 4 heteroatoms. The van der Waals surface area contributed by atoms with E-state index in [4.69, 9.17) is 19.9 Å². The van der Waals surface area contributed by atoms with Gasteiger partial charge in [0.1, 0.15) is 0 Å². The van der Waals surface area contributed by atoms with E-state index in [1.54, 1.807) is 0 Å². The van der Waals surface area contributed by atoms with Crippen molar-refractivity contribution in [3.8, 4) is 112 Å². The molecule has 0 amide bonds. The third-order valence-electron chi connectivity index (χ3n) is 11.9. The Balaban J connectivity index is 0.976. The molecule has 11 aromatic rings. The van der Waals surface area contributed by atoms with Gasteiger partial charge >= 0.3 is 0 Å². The highest BCUT2D eigenvalue weighted by atomic mass is 14.9. The normalized spacial score (nSPS) is 11.0. The first-order valence-electron chi connectivity index (χ1n) is 22.2. The molecule has 0 N–H and O–H groups in total. The molecule has 2 heterocycles. The summed E-state index contributed by atoms with van der Waals surface area (Å²) in [6.07, 6.45) is 0. The standard InChI is InChI=1S/C62H42N4/c1-6-16-43(17-7-1)44-26-28-45(29-27-44)54-38-55(46-30-34-50(35-31-46)59-41-57(48-18-8-2-9-19-48)63-61(65-59)52-22-12-4-13-23-52)40-56(39-54)47-32-36-51(37-33-47)60-42-58(49-20-10-3-11-21-49)64-62(66-60)53-24-14-5-15-25-53/h1-42H. The van der Waals surface area contributed by atoms with E-state index in [1.807, 2.05) is 72.8 Å². The second-order valence-corrected chi connectivity index (χ2v) is 16.3. The van der Waals surface area contributed by atoms with Crippen LogP contribution in [0.15, 0.2) is 255 Å². The fourth-order valence-corrected chi connectivity index (χ4v) is 8.42. The summed E-state index contributed by atoms with van der Waals surface area (Å²) in [6, 6.07) is 89.0. The molecule has 0 saturated heterocycles. The first-order valence-corrected chi connectivity index (χ1v) is 22.2. The van der Waals surface area contributed by atoms with Crippen LogP contribution in [0, 0.1) is 0 Å². The molecule has 310 valence electrons. The number of hydrogen-bond acceptors (Lipinski definition) is 4. The highest BCUT2D eigenvalue weighted by Gasteiger charge is 2.15. The molecule has 11 rings (SSSR count). The summed E-state index contributed by atoms with van der Waals surface area (Å²) in [6.45, 7) is 0. The maximum Gasteiger partial charge on any atom is 0.160 e. The molecular formula is C62H42N4. The first-order chi connectivity index (χ1) is 32.7. The Morgan fingerprint density at radius 3 is 0.636 bits per heavy atom. The molecular weight excluding hydrogens is 801 g/mol. The van der Waals surface area contributed by atoms with Crippen molar-refractivity contribution in [2.75, 3.05) is 0 Å². The fourth-order valence-electron chi connectivity index (χ4n) is 8.42. The highest BCUT2D eigenvalue weighted by molar-refractivity contribution is 5.84. The molecule has 0 spiro atoms. The third kappa shape index (κ3) is 8.59. The molecule has 0 fully saturated rings. The predicted octanol–water partition coefficient (Wildman–Crippen LogP) is 15.9. The van der Waals surface area contributed by atoms with Crippen LogP contribution in [0.1, 0.15) is 0 Å². The van der Waals surface area contributed by atoms with Crippen molar-refractivity contribution in [3.63, 3.8) is 0 Å². The Kier molecular flexibility index (Phi) is 10.9. The lowest BCUT2D eigenvalue weighted by Gasteiger charge is -2.14. The molecule has 0 atom stereocenters. The average molecular weight is 843 g/mol. The van der Waals surface area contributed by atoms with Crippen LogP contribution in [0.3, 0.4) is 0 Å². The van der Waals surface area contributed by atoms with Gasteiger partial charge in [-0.1, -0.05) is 224 Å². The van der Waals surface area contributed by atoms with Crippen molar-refractivity contribution in [1.82, 2.24) is 19.9 Å². The van der Waals surface area contributed by atoms with E-state index < -0.39 is 0 Å². The van der Waals surface area contributed by atoms with Crippen molar-refractivity contribution in [3.05, 3.63) is 255 Å². The van der Waals surface area contributed by atoms with Crippen molar-refractivity contribution in [2.45, 2.75) is 0 Å². The third-order valence-corrected chi connectivity index (χ3v) is 11.9. The van der Waals surface area contributed by atoms with Crippen molar-refractivity contribution in [1.29, 1.82) is 0 Å². The second-order valence-electron chi connectivity index (χ2n) is 16.3. The van der Waals surface area contributed by atoms with Crippen LogP contribution in [-0.4, -0.2) is 19.9 Å². The summed E-state index contributed by atoms with van der Waals surface area (Å²) in [4.78, 5) is 20.2. The van der Waals surface area contributed by atoms with Gasteiger partial charge in [0.25, 0.3) is 0 Å². The minimum Gasteiger partial charge on any atom is -0.228 e. The van der Waals surface area contributed by atoms with Crippen LogP contribution in [0.5, 0.6) is 0 Å². The molecule has 0 aliphatic carbocycles. The minimum atomic E-state index is 0.700. The fraction of sp³-hybridized carbons (Fsp3) is 0. The van der Waals surface area contributed by atoms with Crippen molar-refractivity contribution in [2.24, 2.45) is 0 Å². The summed E-state index contributed by atoms with van der Waals surface area (Å²) >= 11 is 0. The summed E-state index contributed by atoms with van der Waals surface area (Å²) < 4.78 is 0. The van der Waals surface area contributed by atoms with E-state index in [-0.39, 0.29) is 0 Å². The molecule has 4 nitrogen and oxygen atoms in total. The number of aromatic nitrogens is 4. The van der Waals surface area contributed by atoms with Crippen LogP contribution in [0.25, 0.3) is 112 Å². The number of nitrogens with zero attached hydrogens (tertiary/aromatic N) is 4. The molecule has 0 saturated carbocycles. The maximum absolute atomic E-state index is 5.09. The Morgan fingerprint density at radius 2 is 0.348 bits per heavy atom. The Morgan fingerprint density at radius 1 is 0.152 bits per heavy atom. The van der Waals surface area contributed by atoms with E-state index in [2.05, 4.69) is 182 Å². The lowest BCUT2D eigenvalue weighted by atomic mass is 9.92. The van der Waals surface area contributed by atoms with E-state index in [0.717, 1.165) is 89.5 Å². The van der Waals surface area contributed by atoms with Gasteiger partial charge < -0.3 is 0 Å². The topological polar surface area (TPSA) is 51.6 Å². The highest BCUT2D eigenvalue weighted by Crippen LogP contribution is 2.37. The van der Waals surface area contributed by atoms with Crippen LogP contribution >= 0.6 is 0 Å². The minimum absolute atomic E-state index is 0.700. The van der Waals surface area contributed by atoms with E-state index in [0.29, 0.717) is 11.6 Å². The summed E-state index contributed by atoms with van der Waals surface area (Å²) in [5.74, 6) is 1.40. The molecule has 2 aromatic heterocycles. The van der Waals surface area contributed by atoms with E-state index in [1.165, 1.54) is 11.1 Å². The molecule has 9 aromatic carbocycles. The van der Waals surface area contributed by atoms with Crippen LogP contribution in [0.2, 0.25) is 0 Å². The largest absolute Gasteiger partial charge is 0.228 e. The lowest BCUT2D eigenvalue weighted by molar-refractivity contribution is 1.18. The lowest BCUT2D eigenvalue weighted by Crippen LogP contribution is -1.96. The molecule has 66 heavy (non-hydrogen) atoms. The summed E-state index contributed by atoms with van der Waals surface area (Å²) in [5.41, 5.74) is 18.8. The zero-order chi connectivity index (χ0) is 44.1. The Bertz CT molecular complexity index is 3090. The number of hydrogen-bond donors (Lipinski definition) is 0. The van der Waals surface area contributed by atoms with Gasteiger partial charge in [-0.2, -0.15) is 0 Å². The summed E-state index contributed by atoms with van der Waals surface area (Å²) in [5, 5.41) is 0. The molecule has 0 aliphatic heterocycles. The second kappa shape index (κ2) is 18.1. The molecule has 0 unspecified atom stereocenters. The Labute approximate surface area is 385 Å². The zero-order valence-electron chi connectivity index (χ0n) is 36.0. The van der Waals surface area contributed by atoms with Gasteiger partial charge in [-0.05, 0) is 74.8 Å². The van der Waals surface area contributed by atoms with Gasteiger partial charge in [0.15, 0.2) is 11.6 Å². The van der Waals surface area contributed by atoms with Gasteiger partial charge in [0.2, 0.25) is 0 Å². The monoisotopic (exact) mass is 842 g/mol. The quantitative estimate of drug-likeness (QED) is 0.138. The van der Waals surface area contributed by atoms with Gasteiger partial charge in [0, 0.05) is 33.4 Å². The maximum atomic E-state index is 5.09. The molecule has 0 bridgehead atoms. The Hall–Kier alpha value is -8.86. The van der Waals surface area contributed by atoms with Gasteiger partial charge in [-0.3, -0.25) is 0 Å². The zero-order valence-corrected chi connectivity index (χ0v) is 36.0. The van der Waals surface area contributed by atoms with Crippen LogP contribution in [0.4, 0.5) is 0 Å². The SMILES string of the molecule is c1ccc(-c2ccc(-c3cc(-c4ccc(-c5cc(-c6ccccc6)nc(-c6ccccc6)n5)cc4)cc(-c4ccc(-c5cc(-c6ccccc6)nc(-c6ccccc6)n5)cc4)c3)cc2)cc1. The number of benzene rings is 9. The van der Waals surface area contributed by atoms with Crippen LogP contribution < -0.4 is 0 Å². The van der Waals surface area contributed by atoms with E-state index >= 15 is 0 Å². The predicted molar refractivity (Wildman–Crippen MR) is 272 cm³/mol. The summed E-state index contributed by atoms with van der Waals surface area (Å²) in [7, 11) is 0. The van der Waals surface area contributed by atoms with Gasteiger partial charge in [-0.25, -0.2) is 19.9 Å². The molecule has 0 radical (unpaired) electrons. The smallest absolute Gasteiger partial charge is 0.160 e.